The summed E-state index contributed by atoms with van der Waals surface area (Å²) in [6.07, 6.45) is 5.09. The zero-order chi connectivity index (χ0) is 20.9. The van der Waals surface area contributed by atoms with Crippen molar-refractivity contribution in [2.75, 3.05) is 6.54 Å². The molecule has 158 valence electrons. The number of carbonyl (C=O) groups is 5. The van der Waals surface area contributed by atoms with Gasteiger partial charge in [0.15, 0.2) is 0 Å². The van der Waals surface area contributed by atoms with Crippen LogP contribution in [0, 0.1) is 0 Å². The van der Waals surface area contributed by atoms with E-state index in [2.05, 4.69) is 5.32 Å². The molecule has 4 N–H and O–H groups in total. The van der Waals surface area contributed by atoms with Crippen molar-refractivity contribution in [1.29, 1.82) is 0 Å². The summed E-state index contributed by atoms with van der Waals surface area (Å²) in [7, 11) is 0. The van der Waals surface area contributed by atoms with Crippen LogP contribution in [0.4, 0.5) is 0 Å². The Kier molecular flexibility index (Phi) is 10.8. The second-order valence-corrected chi connectivity index (χ2v) is 6.75. The number of hydroxylamine groups is 2. The minimum Gasteiger partial charge on any atom is -0.480 e. The van der Waals surface area contributed by atoms with Crippen LogP contribution in [0.3, 0.4) is 0 Å². The molecule has 0 spiro atoms. The molecule has 1 atom stereocenters. The molecule has 10 heteroatoms. The molecule has 0 bridgehead atoms. The van der Waals surface area contributed by atoms with E-state index in [0.29, 0.717) is 50.1 Å². The number of carbonyl (C=O) groups excluding carboxylic acids is 4. The highest BCUT2D eigenvalue weighted by atomic mass is 16.7. The molecule has 1 aliphatic heterocycles. The SMILES string of the molecule is N[C@@H](CCCCNC(=O)CCCCCCC(=O)ON1C(=O)CCC1=O)C(=O)O. The number of imide groups is 1. The Bertz CT molecular complexity index is 564. The molecular weight excluding hydrogens is 370 g/mol. The highest BCUT2D eigenvalue weighted by Gasteiger charge is 2.32. The first-order valence-electron chi connectivity index (χ1n) is 9.63. The summed E-state index contributed by atoms with van der Waals surface area (Å²) < 4.78 is 0. The highest BCUT2D eigenvalue weighted by molar-refractivity contribution is 6.01. The van der Waals surface area contributed by atoms with Gasteiger partial charge in [0.25, 0.3) is 11.8 Å². The fraction of sp³-hybridized carbons (Fsp3) is 0.722. The number of carboxylic acid groups (broad SMARTS) is 1. The molecule has 0 aromatic heterocycles. The second-order valence-electron chi connectivity index (χ2n) is 6.75. The number of amides is 3. The van der Waals surface area contributed by atoms with Crippen molar-refractivity contribution in [3.8, 4) is 0 Å². The number of carboxylic acids is 1. The zero-order valence-electron chi connectivity index (χ0n) is 16.0. The van der Waals surface area contributed by atoms with E-state index in [4.69, 9.17) is 15.7 Å². The van der Waals surface area contributed by atoms with Gasteiger partial charge in [-0.1, -0.05) is 12.8 Å². The Labute approximate surface area is 163 Å². The molecule has 0 aliphatic carbocycles. The summed E-state index contributed by atoms with van der Waals surface area (Å²) in [4.78, 5) is 61.3. The maximum absolute atomic E-state index is 11.7. The highest BCUT2D eigenvalue weighted by Crippen LogP contribution is 2.14. The number of hydrogen-bond donors (Lipinski definition) is 3. The molecule has 1 aliphatic rings. The molecule has 1 saturated heterocycles. The summed E-state index contributed by atoms with van der Waals surface area (Å²) in [6, 6.07) is -0.857. The smallest absolute Gasteiger partial charge is 0.333 e. The van der Waals surface area contributed by atoms with Gasteiger partial charge >= 0.3 is 11.9 Å². The third kappa shape index (κ3) is 9.45. The Hall–Kier alpha value is -2.49. The van der Waals surface area contributed by atoms with Gasteiger partial charge in [0, 0.05) is 32.2 Å². The van der Waals surface area contributed by atoms with Gasteiger partial charge in [-0.05, 0) is 32.1 Å². The normalized spacial score (nSPS) is 14.8. The van der Waals surface area contributed by atoms with Crippen molar-refractivity contribution in [2.24, 2.45) is 5.73 Å². The predicted molar refractivity (Wildman–Crippen MR) is 97.4 cm³/mol. The van der Waals surface area contributed by atoms with E-state index in [1.165, 1.54) is 0 Å². The number of nitrogens with one attached hydrogen (secondary N) is 1. The van der Waals surface area contributed by atoms with Crippen LogP contribution in [0.25, 0.3) is 0 Å². The summed E-state index contributed by atoms with van der Waals surface area (Å²) >= 11 is 0. The van der Waals surface area contributed by atoms with E-state index in [-0.39, 0.29) is 25.2 Å². The number of rotatable bonds is 14. The summed E-state index contributed by atoms with van der Waals surface area (Å²) in [5, 5.41) is 12.0. The van der Waals surface area contributed by atoms with E-state index >= 15 is 0 Å². The third-order valence-electron chi connectivity index (χ3n) is 4.31. The molecule has 0 aromatic carbocycles. The summed E-state index contributed by atoms with van der Waals surface area (Å²) in [5.74, 6) is -2.67. The van der Waals surface area contributed by atoms with Crippen molar-refractivity contribution in [3.63, 3.8) is 0 Å². The van der Waals surface area contributed by atoms with E-state index in [1.54, 1.807) is 0 Å². The van der Waals surface area contributed by atoms with Gasteiger partial charge in [-0.25, -0.2) is 4.79 Å². The lowest BCUT2D eigenvalue weighted by atomic mass is 10.1. The minimum absolute atomic E-state index is 0.0620. The molecule has 0 saturated carbocycles. The van der Waals surface area contributed by atoms with Gasteiger partial charge in [-0.15, -0.1) is 5.06 Å². The molecule has 10 nitrogen and oxygen atoms in total. The van der Waals surface area contributed by atoms with Gasteiger partial charge in [0.05, 0.1) is 0 Å². The number of nitrogens with zero attached hydrogens (tertiary/aromatic N) is 1. The Morgan fingerprint density at radius 3 is 2.21 bits per heavy atom. The van der Waals surface area contributed by atoms with Crippen LogP contribution in [0.5, 0.6) is 0 Å². The van der Waals surface area contributed by atoms with Gasteiger partial charge in [0.2, 0.25) is 5.91 Å². The van der Waals surface area contributed by atoms with Crippen molar-refractivity contribution >= 4 is 29.7 Å². The molecule has 0 radical (unpaired) electrons. The first kappa shape index (κ1) is 23.5. The molecule has 0 unspecified atom stereocenters. The van der Waals surface area contributed by atoms with Crippen LogP contribution < -0.4 is 11.1 Å². The van der Waals surface area contributed by atoms with E-state index < -0.39 is 29.8 Å². The first-order valence-corrected chi connectivity index (χ1v) is 9.63. The number of aliphatic carboxylic acids is 1. The quantitative estimate of drug-likeness (QED) is 0.284. The molecule has 0 aromatic rings. The lowest BCUT2D eigenvalue weighted by molar-refractivity contribution is -0.197. The second kappa shape index (κ2) is 12.8. The third-order valence-corrected chi connectivity index (χ3v) is 4.31. The van der Waals surface area contributed by atoms with Gasteiger partial charge < -0.3 is 21.0 Å². The van der Waals surface area contributed by atoms with Crippen molar-refractivity contribution in [2.45, 2.75) is 76.7 Å². The molecule has 3 amide bonds. The average molecular weight is 399 g/mol. The Morgan fingerprint density at radius 2 is 1.61 bits per heavy atom. The van der Waals surface area contributed by atoms with Crippen molar-refractivity contribution < 1.29 is 33.9 Å². The number of unbranched alkanes of at least 4 members (excludes halogenated alkanes) is 4. The fourth-order valence-electron chi connectivity index (χ4n) is 2.64. The molecular formula is C18H29N3O7. The van der Waals surface area contributed by atoms with Crippen LogP contribution in [-0.2, 0) is 28.8 Å². The van der Waals surface area contributed by atoms with Crippen LogP contribution >= 0.6 is 0 Å². The lowest BCUT2D eigenvalue weighted by Crippen LogP contribution is -2.31. The van der Waals surface area contributed by atoms with Crippen LogP contribution in [0.2, 0.25) is 0 Å². The monoisotopic (exact) mass is 399 g/mol. The standard InChI is InChI=1S/C18H29N3O7/c19-13(18(26)27)7-5-6-12-20-14(22)8-3-1-2-4-9-17(25)28-21-15(23)10-11-16(21)24/h13H,1-12,19H2,(H,20,22)(H,26,27)/t13-/m0/s1. The maximum Gasteiger partial charge on any atom is 0.333 e. The van der Waals surface area contributed by atoms with Crippen LogP contribution in [0.1, 0.15) is 70.6 Å². The summed E-state index contributed by atoms with van der Waals surface area (Å²) in [5.41, 5.74) is 5.39. The fourth-order valence-corrected chi connectivity index (χ4v) is 2.64. The Morgan fingerprint density at radius 1 is 1.00 bits per heavy atom. The van der Waals surface area contributed by atoms with Gasteiger partial charge in [-0.2, -0.15) is 0 Å². The first-order chi connectivity index (χ1) is 13.3. The van der Waals surface area contributed by atoms with Crippen molar-refractivity contribution in [1.82, 2.24) is 10.4 Å². The minimum atomic E-state index is -1.02. The Balaban J connectivity index is 1.95. The van der Waals surface area contributed by atoms with E-state index in [0.717, 1.165) is 12.8 Å². The largest absolute Gasteiger partial charge is 0.480 e. The molecule has 1 rings (SSSR count). The zero-order valence-corrected chi connectivity index (χ0v) is 16.0. The average Bonchev–Trinajstić information content (AvgIpc) is 2.95. The van der Waals surface area contributed by atoms with E-state index in [9.17, 15) is 24.0 Å². The topological polar surface area (TPSA) is 156 Å². The van der Waals surface area contributed by atoms with Crippen molar-refractivity contribution in [3.05, 3.63) is 0 Å². The number of nitrogens with two attached hydrogens (primary N) is 1. The van der Waals surface area contributed by atoms with Gasteiger partial charge in [-0.3, -0.25) is 19.2 Å². The maximum atomic E-state index is 11.7. The number of hydrogen-bond acceptors (Lipinski definition) is 7. The van der Waals surface area contributed by atoms with Crippen LogP contribution in [0.15, 0.2) is 0 Å². The lowest BCUT2D eigenvalue weighted by Gasteiger charge is -2.12. The van der Waals surface area contributed by atoms with E-state index in [1.807, 2.05) is 0 Å². The molecule has 28 heavy (non-hydrogen) atoms. The molecule has 1 fully saturated rings. The summed E-state index contributed by atoms with van der Waals surface area (Å²) in [6.45, 7) is 0.491. The molecule has 1 heterocycles. The van der Waals surface area contributed by atoms with Gasteiger partial charge in [0.1, 0.15) is 6.04 Å². The predicted octanol–water partition coefficient (Wildman–Crippen LogP) is 0.633. The van der Waals surface area contributed by atoms with Crippen LogP contribution in [-0.4, -0.2) is 52.4 Å².